The Morgan fingerprint density at radius 1 is 1.30 bits per heavy atom. The molecule has 8 heteroatoms. The van der Waals surface area contributed by atoms with Gasteiger partial charge in [-0.2, -0.15) is 5.10 Å². The van der Waals surface area contributed by atoms with Gasteiger partial charge < -0.3 is 4.90 Å². The molecule has 0 spiro atoms. The van der Waals surface area contributed by atoms with Gasteiger partial charge in [0.15, 0.2) is 0 Å². The van der Waals surface area contributed by atoms with Crippen LogP contribution in [0.25, 0.3) is 0 Å². The van der Waals surface area contributed by atoms with E-state index in [4.69, 9.17) is 0 Å². The molecule has 1 N–H and O–H groups in total. The SMILES string of the molecule is Cn1cc(S(=O)(=O)NCC2CCN(c3cccnc3)CC2)cn1. The molecule has 0 saturated carbocycles. The Labute approximate surface area is 136 Å². The first-order chi connectivity index (χ1) is 11.0. The van der Waals surface area contributed by atoms with Gasteiger partial charge in [-0.3, -0.25) is 9.67 Å². The van der Waals surface area contributed by atoms with Crippen LogP contribution in [-0.4, -0.2) is 42.8 Å². The second kappa shape index (κ2) is 6.67. The van der Waals surface area contributed by atoms with Crippen LogP contribution in [0.2, 0.25) is 0 Å². The van der Waals surface area contributed by atoms with Crippen LogP contribution in [0.1, 0.15) is 12.8 Å². The molecule has 23 heavy (non-hydrogen) atoms. The van der Waals surface area contributed by atoms with Gasteiger partial charge in [0.25, 0.3) is 0 Å². The lowest BCUT2D eigenvalue weighted by Crippen LogP contribution is -2.38. The summed E-state index contributed by atoms with van der Waals surface area (Å²) in [5.41, 5.74) is 1.13. The number of hydrogen-bond acceptors (Lipinski definition) is 5. The van der Waals surface area contributed by atoms with Gasteiger partial charge in [-0.05, 0) is 30.9 Å². The minimum absolute atomic E-state index is 0.216. The van der Waals surface area contributed by atoms with Crippen molar-refractivity contribution in [2.45, 2.75) is 17.7 Å². The predicted octanol–water partition coefficient (Wildman–Crippen LogP) is 1.01. The normalized spacial score (nSPS) is 16.7. The van der Waals surface area contributed by atoms with Gasteiger partial charge in [-0.1, -0.05) is 0 Å². The lowest BCUT2D eigenvalue weighted by molar-refractivity contribution is 0.402. The molecule has 0 aromatic carbocycles. The monoisotopic (exact) mass is 335 g/mol. The third-order valence-electron chi connectivity index (χ3n) is 4.18. The van der Waals surface area contributed by atoms with Crippen molar-refractivity contribution in [3.05, 3.63) is 36.9 Å². The van der Waals surface area contributed by atoms with Gasteiger partial charge in [0.05, 0.1) is 18.1 Å². The Bertz CT molecular complexity index is 736. The zero-order chi connectivity index (χ0) is 16.3. The molecule has 1 fully saturated rings. The molecule has 2 aromatic heterocycles. The smallest absolute Gasteiger partial charge is 0.243 e. The van der Waals surface area contributed by atoms with Crippen LogP contribution in [0.4, 0.5) is 5.69 Å². The fraction of sp³-hybridized carbons (Fsp3) is 0.467. The highest BCUT2D eigenvalue weighted by atomic mass is 32.2. The summed E-state index contributed by atoms with van der Waals surface area (Å²) >= 11 is 0. The fourth-order valence-corrected chi connectivity index (χ4v) is 3.88. The van der Waals surface area contributed by atoms with E-state index in [1.807, 2.05) is 12.3 Å². The molecule has 0 amide bonds. The molecule has 0 atom stereocenters. The summed E-state index contributed by atoms with van der Waals surface area (Å²) in [5, 5.41) is 3.91. The number of hydrogen-bond donors (Lipinski definition) is 1. The van der Waals surface area contributed by atoms with Crippen LogP contribution in [0, 0.1) is 5.92 Å². The molecule has 0 radical (unpaired) electrons. The van der Waals surface area contributed by atoms with Crippen LogP contribution in [0.5, 0.6) is 0 Å². The lowest BCUT2D eigenvalue weighted by atomic mass is 9.97. The van der Waals surface area contributed by atoms with E-state index in [0.717, 1.165) is 31.6 Å². The zero-order valence-electron chi connectivity index (χ0n) is 13.1. The molecule has 3 heterocycles. The number of sulfonamides is 1. The quantitative estimate of drug-likeness (QED) is 0.882. The van der Waals surface area contributed by atoms with E-state index in [-0.39, 0.29) is 4.90 Å². The summed E-state index contributed by atoms with van der Waals surface area (Å²) in [6, 6.07) is 3.99. The van der Waals surface area contributed by atoms with E-state index in [2.05, 4.69) is 25.8 Å². The highest BCUT2D eigenvalue weighted by molar-refractivity contribution is 7.89. The Balaban J connectivity index is 1.51. The first-order valence-corrected chi connectivity index (χ1v) is 9.16. The number of rotatable bonds is 5. The van der Waals surface area contributed by atoms with Crippen LogP contribution >= 0.6 is 0 Å². The van der Waals surface area contributed by atoms with Gasteiger partial charge in [0, 0.05) is 39.1 Å². The number of piperidine rings is 1. The third-order valence-corrected chi connectivity index (χ3v) is 5.56. The summed E-state index contributed by atoms with van der Waals surface area (Å²) in [7, 11) is -1.76. The van der Waals surface area contributed by atoms with E-state index < -0.39 is 10.0 Å². The van der Waals surface area contributed by atoms with Gasteiger partial charge in [0.2, 0.25) is 10.0 Å². The van der Waals surface area contributed by atoms with Crippen molar-refractivity contribution in [3.8, 4) is 0 Å². The number of aryl methyl sites for hydroxylation is 1. The van der Waals surface area contributed by atoms with Crippen LogP contribution in [-0.2, 0) is 17.1 Å². The molecular formula is C15H21N5O2S. The summed E-state index contributed by atoms with van der Waals surface area (Å²) < 4.78 is 28.6. The number of nitrogens with one attached hydrogen (secondary N) is 1. The summed E-state index contributed by atoms with van der Waals surface area (Å²) in [6.07, 6.45) is 8.44. The van der Waals surface area contributed by atoms with Crippen molar-refractivity contribution >= 4 is 15.7 Å². The van der Waals surface area contributed by atoms with Crippen molar-refractivity contribution in [1.82, 2.24) is 19.5 Å². The molecule has 3 rings (SSSR count). The van der Waals surface area contributed by atoms with Crippen LogP contribution in [0.3, 0.4) is 0 Å². The van der Waals surface area contributed by atoms with E-state index in [9.17, 15) is 8.42 Å². The maximum Gasteiger partial charge on any atom is 0.243 e. The van der Waals surface area contributed by atoms with Crippen molar-refractivity contribution in [3.63, 3.8) is 0 Å². The molecular weight excluding hydrogens is 314 g/mol. The average Bonchev–Trinajstić information content (AvgIpc) is 3.02. The molecule has 2 aromatic rings. The minimum atomic E-state index is -3.46. The fourth-order valence-electron chi connectivity index (χ4n) is 2.78. The lowest BCUT2D eigenvalue weighted by Gasteiger charge is -2.33. The number of anilines is 1. The molecule has 124 valence electrons. The number of nitrogens with zero attached hydrogens (tertiary/aromatic N) is 4. The van der Waals surface area contributed by atoms with Crippen molar-refractivity contribution < 1.29 is 8.42 Å². The summed E-state index contributed by atoms with van der Waals surface area (Å²) in [5.74, 6) is 0.356. The zero-order valence-corrected chi connectivity index (χ0v) is 13.9. The Morgan fingerprint density at radius 3 is 2.70 bits per heavy atom. The highest BCUT2D eigenvalue weighted by Crippen LogP contribution is 2.22. The second-order valence-electron chi connectivity index (χ2n) is 5.84. The first-order valence-electron chi connectivity index (χ1n) is 7.68. The highest BCUT2D eigenvalue weighted by Gasteiger charge is 2.22. The van der Waals surface area contributed by atoms with E-state index in [0.29, 0.717) is 12.5 Å². The molecule has 0 bridgehead atoms. The first kappa shape index (κ1) is 15.9. The summed E-state index contributed by atoms with van der Waals surface area (Å²) in [4.78, 5) is 6.65. The maximum atomic E-state index is 12.2. The van der Waals surface area contributed by atoms with E-state index in [1.54, 1.807) is 13.2 Å². The Hall–Kier alpha value is -1.93. The number of pyridine rings is 1. The summed E-state index contributed by atoms with van der Waals surface area (Å²) in [6.45, 7) is 2.31. The molecule has 1 aliphatic heterocycles. The average molecular weight is 335 g/mol. The van der Waals surface area contributed by atoms with Gasteiger partial charge in [0.1, 0.15) is 4.90 Å². The van der Waals surface area contributed by atoms with Crippen LogP contribution in [0.15, 0.2) is 41.8 Å². The Kier molecular flexibility index (Phi) is 4.63. The predicted molar refractivity (Wildman–Crippen MR) is 87.6 cm³/mol. The van der Waals surface area contributed by atoms with Gasteiger partial charge in [-0.15, -0.1) is 0 Å². The number of aromatic nitrogens is 3. The standard InChI is InChI=1S/C15H21N5O2S/c1-19-12-15(11-17-19)23(21,22)18-9-13-4-7-20(8-5-13)14-3-2-6-16-10-14/h2-3,6,10-13,18H,4-5,7-9H2,1H3. The molecule has 0 aliphatic carbocycles. The maximum absolute atomic E-state index is 12.2. The van der Waals surface area contributed by atoms with Gasteiger partial charge >= 0.3 is 0 Å². The Morgan fingerprint density at radius 2 is 2.09 bits per heavy atom. The molecule has 0 unspecified atom stereocenters. The van der Waals surface area contributed by atoms with Crippen molar-refractivity contribution in [2.24, 2.45) is 13.0 Å². The largest absolute Gasteiger partial charge is 0.370 e. The van der Waals surface area contributed by atoms with Crippen LogP contribution < -0.4 is 9.62 Å². The molecule has 7 nitrogen and oxygen atoms in total. The molecule has 1 saturated heterocycles. The topological polar surface area (TPSA) is 80.1 Å². The second-order valence-corrected chi connectivity index (χ2v) is 7.61. The van der Waals surface area contributed by atoms with Crippen molar-refractivity contribution in [2.75, 3.05) is 24.5 Å². The van der Waals surface area contributed by atoms with E-state index in [1.165, 1.54) is 17.1 Å². The van der Waals surface area contributed by atoms with E-state index >= 15 is 0 Å². The van der Waals surface area contributed by atoms with Gasteiger partial charge in [-0.25, -0.2) is 13.1 Å². The molecule has 1 aliphatic rings. The van der Waals surface area contributed by atoms with Crippen molar-refractivity contribution in [1.29, 1.82) is 0 Å². The minimum Gasteiger partial charge on any atom is -0.370 e. The third kappa shape index (κ3) is 3.89.